The molecule has 0 radical (unpaired) electrons. The topological polar surface area (TPSA) is 44.5 Å². The molecule has 3 heteroatoms. The Morgan fingerprint density at radius 1 is 1.31 bits per heavy atom. The van der Waals surface area contributed by atoms with Gasteiger partial charge in [0.2, 0.25) is 6.79 Å². The smallest absolute Gasteiger partial charge is 0.231 e. The number of hydrogen-bond donors (Lipinski definition) is 1. The highest BCUT2D eigenvalue weighted by atomic mass is 16.7. The summed E-state index contributed by atoms with van der Waals surface area (Å²) in [6.07, 6.45) is 3.86. The van der Waals surface area contributed by atoms with Crippen LogP contribution in [0.5, 0.6) is 11.5 Å². The van der Waals surface area contributed by atoms with Crippen LogP contribution < -0.4 is 15.2 Å². The van der Waals surface area contributed by atoms with Gasteiger partial charge in [-0.3, -0.25) is 0 Å². The van der Waals surface area contributed by atoms with Gasteiger partial charge in [0.1, 0.15) is 0 Å². The van der Waals surface area contributed by atoms with Gasteiger partial charge in [0, 0.05) is 6.54 Å². The molecule has 1 aliphatic rings. The molecule has 0 aliphatic carbocycles. The molecule has 0 fully saturated rings. The average molecular weight is 177 g/mol. The number of benzene rings is 1. The minimum Gasteiger partial charge on any atom is -0.454 e. The van der Waals surface area contributed by atoms with Gasteiger partial charge in [-0.15, -0.1) is 0 Å². The standard InChI is InChI=1S/C10H11NO2/c11-5-1-2-8-3-4-9-10(6-8)13-7-12-9/h1-4,6H,5,7,11H2. The van der Waals surface area contributed by atoms with Crippen molar-refractivity contribution in [2.75, 3.05) is 13.3 Å². The second kappa shape index (κ2) is 3.49. The van der Waals surface area contributed by atoms with Crippen LogP contribution in [0.15, 0.2) is 24.3 Å². The van der Waals surface area contributed by atoms with Gasteiger partial charge < -0.3 is 15.2 Å². The summed E-state index contributed by atoms with van der Waals surface area (Å²) in [4.78, 5) is 0. The van der Waals surface area contributed by atoms with E-state index in [9.17, 15) is 0 Å². The Balaban J connectivity index is 2.25. The molecule has 2 N–H and O–H groups in total. The fourth-order valence-corrected chi connectivity index (χ4v) is 1.22. The van der Waals surface area contributed by atoms with Gasteiger partial charge in [0.05, 0.1) is 0 Å². The van der Waals surface area contributed by atoms with Crippen molar-refractivity contribution in [2.45, 2.75) is 0 Å². The van der Waals surface area contributed by atoms with Crippen LogP contribution in [0, 0.1) is 0 Å². The van der Waals surface area contributed by atoms with Crippen LogP contribution in [-0.2, 0) is 0 Å². The van der Waals surface area contributed by atoms with Crippen molar-refractivity contribution in [1.29, 1.82) is 0 Å². The SMILES string of the molecule is NCC=Cc1ccc2c(c1)OCO2. The molecule has 0 aromatic heterocycles. The summed E-state index contributed by atoms with van der Waals surface area (Å²) in [6, 6.07) is 5.81. The molecule has 0 spiro atoms. The molecular formula is C10H11NO2. The van der Waals surface area contributed by atoms with E-state index in [-0.39, 0.29) is 0 Å². The van der Waals surface area contributed by atoms with E-state index >= 15 is 0 Å². The maximum atomic E-state index is 5.35. The second-order valence-corrected chi connectivity index (χ2v) is 2.75. The van der Waals surface area contributed by atoms with Crippen LogP contribution in [0.2, 0.25) is 0 Å². The summed E-state index contributed by atoms with van der Waals surface area (Å²) in [7, 11) is 0. The van der Waals surface area contributed by atoms with Crippen LogP contribution >= 0.6 is 0 Å². The van der Waals surface area contributed by atoms with Gasteiger partial charge >= 0.3 is 0 Å². The summed E-state index contributed by atoms with van der Waals surface area (Å²) in [5.74, 6) is 1.61. The first-order chi connectivity index (χ1) is 6.40. The van der Waals surface area contributed by atoms with E-state index in [0.717, 1.165) is 17.1 Å². The van der Waals surface area contributed by atoms with Gasteiger partial charge in [0.15, 0.2) is 11.5 Å². The fraction of sp³-hybridized carbons (Fsp3) is 0.200. The lowest BCUT2D eigenvalue weighted by molar-refractivity contribution is 0.174. The van der Waals surface area contributed by atoms with E-state index in [0.29, 0.717) is 13.3 Å². The van der Waals surface area contributed by atoms with E-state index in [1.165, 1.54) is 0 Å². The highest BCUT2D eigenvalue weighted by molar-refractivity contribution is 5.56. The Hall–Kier alpha value is -1.48. The molecular weight excluding hydrogens is 166 g/mol. The first-order valence-corrected chi connectivity index (χ1v) is 4.16. The quantitative estimate of drug-likeness (QED) is 0.742. The predicted molar refractivity (Wildman–Crippen MR) is 50.7 cm³/mol. The molecule has 3 nitrogen and oxygen atoms in total. The van der Waals surface area contributed by atoms with Crippen molar-refractivity contribution in [3.05, 3.63) is 29.8 Å². The Labute approximate surface area is 76.8 Å². The van der Waals surface area contributed by atoms with Gasteiger partial charge in [-0.05, 0) is 17.7 Å². The van der Waals surface area contributed by atoms with E-state index in [1.807, 2.05) is 30.4 Å². The number of fused-ring (bicyclic) bond motifs is 1. The van der Waals surface area contributed by atoms with Gasteiger partial charge in [-0.1, -0.05) is 18.2 Å². The maximum absolute atomic E-state index is 5.35. The van der Waals surface area contributed by atoms with Crippen molar-refractivity contribution in [3.63, 3.8) is 0 Å². The van der Waals surface area contributed by atoms with E-state index < -0.39 is 0 Å². The molecule has 0 saturated carbocycles. The highest BCUT2D eigenvalue weighted by Crippen LogP contribution is 2.32. The summed E-state index contributed by atoms with van der Waals surface area (Å²) < 4.78 is 10.4. The molecule has 0 atom stereocenters. The zero-order valence-corrected chi connectivity index (χ0v) is 7.19. The molecule has 1 aliphatic heterocycles. The first-order valence-electron chi connectivity index (χ1n) is 4.16. The van der Waals surface area contributed by atoms with Crippen molar-refractivity contribution >= 4 is 6.08 Å². The Morgan fingerprint density at radius 3 is 3.00 bits per heavy atom. The number of ether oxygens (including phenoxy) is 2. The van der Waals surface area contributed by atoms with Crippen molar-refractivity contribution < 1.29 is 9.47 Å². The van der Waals surface area contributed by atoms with Gasteiger partial charge in [0.25, 0.3) is 0 Å². The molecule has 68 valence electrons. The molecule has 0 amide bonds. The Bertz CT molecular complexity index is 334. The second-order valence-electron chi connectivity index (χ2n) is 2.75. The predicted octanol–water partition coefficient (Wildman–Crippen LogP) is 1.39. The zero-order valence-electron chi connectivity index (χ0n) is 7.19. The lowest BCUT2D eigenvalue weighted by Gasteiger charge is -1.96. The monoisotopic (exact) mass is 177 g/mol. The fourth-order valence-electron chi connectivity index (χ4n) is 1.22. The summed E-state index contributed by atoms with van der Waals surface area (Å²) in [5.41, 5.74) is 6.42. The van der Waals surface area contributed by atoms with Crippen molar-refractivity contribution in [2.24, 2.45) is 5.73 Å². The summed E-state index contributed by atoms with van der Waals surface area (Å²) in [6.45, 7) is 0.869. The van der Waals surface area contributed by atoms with Crippen LogP contribution in [0.25, 0.3) is 6.08 Å². The van der Waals surface area contributed by atoms with Crippen LogP contribution in [0.3, 0.4) is 0 Å². The molecule has 1 aromatic rings. The van der Waals surface area contributed by atoms with E-state index in [1.54, 1.807) is 0 Å². The Kier molecular flexibility index (Phi) is 2.19. The maximum Gasteiger partial charge on any atom is 0.231 e. The molecule has 1 heterocycles. The van der Waals surface area contributed by atoms with Crippen LogP contribution in [-0.4, -0.2) is 13.3 Å². The highest BCUT2D eigenvalue weighted by Gasteiger charge is 2.11. The molecule has 0 bridgehead atoms. The summed E-state index contributed by atoms with van der Waals surface area (Å²) in [5, 5.41) is 0. The molecule has 0 saturated heterocycles. The van der Waals surface area contributed by atoms with Crippen LogP contribution in [0.4, 0.5) is 0 Å². The number of rotatable bonds is 2. The van der Waals surface area contributed by atoms with Crippen molar-refractivity contribution in [1.82, 2.24) is 0 Å². The lowest BCUT2D eigenvalue weighted by atomic mass is 10.2. The Morgan fingerprint density at radius 2 is 2.15 bits per heavy atom. The van der Waals surface area contributed by atoms with Gasteiger partial charge in [-0.2, -0.15) is 0 Å². The molecule has 1 aromatic carbocycles. The molecule has 13 heavy (non-hydrogen) atoms. The normalized spacial score (nSPS) is 13.9. The van der Waals surface area contributed by atoms with E-state index in [2.05, 4.69) is 0 Å². The van der Waals surface area contributed by atoms with Gasteiger partial charge in [-0.25, -0.2) is 0 Å². The first kappa shape index (κ1) is 8.13. The molecule has 0 unspecified atom stereocenters. The third-order valence-corrected chi connectivity index (χ3v) is 1.84. The zero-order chi connectivity index (χ0) is 9.10. The minimum atomic E-state index is 0.319. The largest absolute Gasteiger partial charge is 0.454 e. The molecule has 2 rings (SSSR count). The lowest BCUT2D eigenvalue weighted by Crippen LogP contribution is -1.93. The number of nitrogens with two attached hydrogens (primary N) is 1. The number of hydrogen-bond acceptors (Lipinski definition) is 3. The van der Waals surface area contributed by atoms with E-state index in [4.69, 9.17) is 15.2 Å². The average Bonchev–Trinajstić information content (AvgIpc) is 2.61. The van der Waals surface area contributed by atoms with Crippen molar-refractivity contribution in [3.8, 4) is 11.5 Å². The summed E-state index contributed by atoms with van der Waals surface area (Å²) >= 11 is 0. The third-order valence-electron chi connectivity index (χ3n) is 1.84. The third kappa shape index (κ3) is 1.65. The van der Waals surface area contributed by atoms with Crippen LogP contribution in [0.1, 0.15) is 5.56 Å². The minimum absolute atomic E-state index is 0.319.